The number of rotatable bonds is 4. The second-order valence-electron chi connectivity index (χ2n) is 6.11. The SMILES string of the molecule is Cc1cc(C(=O)Nc2cc([N+](=O)[O-])ccc2F)c2cnn(C(C)C)c2n1. The van der Waals surface area contributed by atoms with Crippen LogP contribution in [0.25, 0.3) is 11.0 Å². The molecule has 26 heavy (non-hydrogen) atoms. The maximum absolute atomic E-state index is 13.9. The number of fused-ring (bicyclic) bond motifs is 1. The van der Waals surface area contributed by atoms with Crippen LogP contribution in [0.15, 0.2) is 30.5 Å². The van der Waals surface area contributed by atoms with E-state index in [-0.39, 0.29) is 23.0 Å². The number of pyridine rings is 1. The summed E-state index contributed by atoms with van der Waals surface area (Å²) in [5, 5.41) is 18.0. The van der Waals surface area contributed by atoms with Crippen LogP contribution in [-0.2, 0) is 0 Å². The number of nitrogens with one attached hydrogen (secondary N) is 1. The van der Waals surface area contributed by atoms with Crippen molar-refractivity contribution in [1.82, 2.24) is 14.8 Å². The molecule has 0 saturated heterocycles. The average molecular weight is 357 g/mol. The lowest BCUT2D eigenvalue weighted by atomic mass is 10.1. The number of amides is 1. The van der Waals surface area contributed by atoms with Gasteiger partial charge in [-0.3, -0.25) is 14.9 Å². The Kier molecular flexibility index (Phi) is 4.37. The van der Waals surface area contributed by atoms with E-state index in [1.54, 1.807) is 17.7 Å². The molecule has 1 aromatic carbocycles. The van der Waals surface area contributed by atoms with E-state index >= 15 is 0 Å². The number of non-ortho nitro benzene ring substituents is 1. The topological polar surface area (TPSA) is 103 Å². The number of nitro benzene ring substituents is 1. The van der Waals surface area contributed by atoms with Crippen molar-refractivity contribution in [3.05, 3.63) is 57.7 Å². The molecule has 1 amide bonds. The van der Waals surface area contributed by atoms with Crippen LogP contribution in [0.5, 0.6) is 0 Å². The molecule has 0 bridgehead atoms. The van der Waals surface area contributed by atoms with Gasteiger partial charge in [-0.2, -0.15) is 5.10 Å². The summed E-state index contributed by atoms with van der Waals surface area (Å²) in [6, 6.07) is 4.58. The fourth-order valence-electron chi connectivity index (χ4n) is 2.62. The molecule has 9 heteroatoms. The van der Waals surface area contributed by atoms with E-state index in [1.165, 1.54) is 6.20 Å². The van der Waals surface area contributed by atoms with Crippen LogP contribution in [0, 0.1) is 22.9 Å². The minimum absolute atomic E-state index is 0.0481. The van der Waals surface area contributed by atoms with Gasteiger partial charge >= 0.3 is 0 Å². The summed E-state index contributed by atoms with van der Waals surface area (Å²) in [7, 11) is 0. The summed E-state index contributed by atoms with van der Waals surface area (Å²) in [4.78, 5) is 27.3. The number of aromatic nitrogens is 3. The number of hydrogen-bond acceptors (Lipinski definition) is 5. The molecule has 0 aliphatic carbocycles. The van der Waals surface area contributed by atoms with Crippen molar-refractivity contribution >= 4 is 28.3 Å². The zero-order chi connectivity index (χ0) is 19.0. The van der Waals surface area contributed by atoms with Crippen LogP contribution in [0.3, 0.4) is 0 Å². The molecule has 0 spiro atoms. The Bertz CT molecular complexity index is 1030. The molecule has 0 saturated carbocycles. The van der Waals surface area contributed by atoms with Crippen LogP contribution in [0.2, 0.25) is 0 Å². The highest BCUT2D eigenvalue weighted by Gasteiger charge is 2.19. The number of nitro groups is 1. The number of hydrogen-bond donors (Lipinski definition) is 1. The van der Waals surface area contributed by atoms with Gasteiger partial charge in [0.05, 0.1) is 27.8 Å². The summed E-state index contributed by atoms with van der Waals surface area (Å²) in [6.45, 7) is 5.62. The first kappa shape index (κ1) is 17.5. The van der Waals surface area contributed by atoms with Crippen molar-refractivity contribution < 1.29 is 14.1 Å². The number of nitrogens with zero attached hydrogens (tertiary/aromatic N) is 4. The Morgan fingerprint density at radius 3 is 2.73 bits per heavy atom. The lowest BCUT2D eigenvalue weighted by molar-refractivity contribution is -0.384. The van der Waals surface area contributed by atoms with Gasteiger partial charge in [-0.1, -0.05) is 0 Å². The first-order chi connectivity index (χ1) is 12.3. The van der Waals surface area contributed by atoms with Crippen molar-refractivity contribution in [3.63, 3.8) is 0 Å². The van der Waals surface area contributed by atoms with Gasteiger partial charge in [0.2, 0.25) is 0 Å². The van der Waals surface area contributed by atoms with E-state index in [0.717, 1.165) is 18.2 Å². The summed E-state index contributed by atoms with van der Waals surface area (Å²) in [5.74, 6) is -1.35. The van der Waals surface area contributed by atoms with Crippen molar-refractivity contribution in [3.8, 4) is 0 Å². The molecular weight excluding hydrogens is 341 g/mol. The summed E-state index contributed by atoms with van der Waals surface area (Å²) >= 11 is 0. The number of halogens is 1. The molecule has 1 N–H and O–H groups in total. The molecule has 0 aliphatic heterocycles. The Balaban J connectivity index is 2.04. The Hall–Kier alpha value is -3.36. The predicted molar refractivity (Wildman–Crippen MR) is 93.7 cm³/mol. The van der Waals surface area contributed by atoms with E-state index in [2.05, 4.69) is 15.4 Å². The quantitative estimate of drug-likeness (QED) is 0.567. The molecule has 0 radical (unpaired) electrons. The Labute approximate surface area is 147 Å². The number of benzene rings is 1. The van der Waals surface area contributed by atoms with Crippen molar-refractivity contribution in [2.24, 2.45) is 0 Å². The van der Waals surface area contributed by atoms with Gasteiger partial charge in [-0.15, -0.1) is 0 Å². The second-order valence-corrected chi connectivity index (χ2v) is 6.11. The van der Waals surface area contributed by atoms with E-state index in [4.69, 9.17) is 0 Å². The zero-order valence-corrected chi connectivity index (χ0v) is 14.4. The highest BCUT2D eigenvalue weighted by Crippen LogP contribution is 2.25. The molecule has 2 heterocycles. The normalized spacial score (nSPS) is 11.1. The number of carbonyl (C=O) groups is 1. The lowest BCUT2D eigenvalue weighted by Crippen LogP contribution is -2.14. The minimum atomic E-state index is -0.760. The molecular formula is C17H16FN5O3. The molecule has 0 unspecified atom stereocenters. The molecule has 3 aromatic rings. The van der Waals surface area contributed by atoms with Gasteiger partial charge in [0.1, 0.15) is 5.82 Å². The maximum Gasteiger partial charge on any atom is 0.271 e. The van der Waals surface area contributed by atoms with E-state index in [0.29, 0.717) is 16.7 Å². The van der Waals surface area contributed by atoms with Crippen molar-refractivity contribution in [1.29, 1.82) is 0 Å². The minimum Gasteiger partial charge on any atom is -0.319 e. The van der Waals surface area contributed by atoms with Gasteiger partial charge in [0.15, 0.2) is 5.65 Å². The fraction of sp³-hybridized carbons (Fsp3) is 0.235. The summed E-state index contributed by atoms with van der Waals surface area (Å²) < 4.78 is 15.6. The summed E-state index contributed by atoms with van der Waals surface area (Å²) in [5.41, 5.74) is 0.841. The third-order valence-electron chi connectivity index (χ3n) is 3.84. The van der Waals surface area contributed by atoms with Gasteiger partial charge in [-0.25, -0.2) is 14.1 Å². The monoisotopic (exact) mass is 357 g/mol. The van der Waals surface area contributed by atoms with Crippen LogP contribution < -0.4 is 5.32 Å². The third kappa shape index (κ3) is 3.10. The van der Waals surface area contributed by atoms with Crippen molar-refractivity contribution in [2.45, 2.75) is 26.8 Å². The van der Waals surface area contributed by atoms with Gasteiger partial charge in [-0.05, 0) is 32.9 Å². The van der Waals surface area contributed by atoms with Crippen LogP contribution in [0.1, 0.15) is 35.9 Å². The largest absolute Gasteiger partial charge is 0.319 e. The van der Waals surface area contributed by atoms with E-state index in [1.807, 2.05) is 13.8 Å². The zero-order valence-electron chi connectivity index (χ0n) is 14.4. The Morgan fingerprint density at radius 2 is 2.08 bits per heavy atom. The number of aryl methyl sites for hydroxylation is 1. The number of carbonyl (C=O) groups excluding carboxylic acids is 1. The second kappa shape index (κ2) is 6.51. The first-order valence-electron chi connectivity index (χ1n) is 7.88. The van der Waals surface area contributed by atoms with Gasteiger partial charge in [0.25, 0.3) is 11.6 Å². The van der Waals surface area contributed by atoms with Crippen molar-refractivity contribution in [2.75, 3.05) is 5.32 Å². The van der Waals surface area contributed by atoms with E-state index in [9.17, 15) is 19.3 Å². The molecule has 0 aliphatic rings. The maximum atomic E-state index is 13.9. The molecule has 0 atom stereocenters. The predicted octanol–water partition coefficient (Wildman–Crippen LogP) is 3.62. The van der Waals surface area contributed by atoms with Crippen LogP contribution >= 0.6 is 0 Å². The van der Waals surface area contributed by atoms with Gasteiger partial charge < -0.3 is 5.32 Å². The third-order valence-corrected chi connectivity index (χ3v) is 3.84. The summed E-state index contributed by atoms with van der Waals surface area (Å²) in [6.07, 6.45) is 1.53. The standard InChI is InChI=1S/C17H16FN5O3/c1-9(2)22-16-13(8-19-22)12(6-10(3)20-16)17(24)21-15-7-11(23(25)26)4-5-14(15)18/h4-9H,1-3H3,(H,21,24). The highest BCUT2D eigenvalue weighted by molar-refractivity contribution is 6.12. The number of anilines is 1. The molecule has 134 valence electrons. The van der Waals surface area contributed by atoms with E-state index < -0.39 is 16.6 Å². The van der Waals surface area contributed by atoms with Crippen LogP contribution in [-0.4, -0.2) is 25.6 Å². The molecule has 0 fully saturated rings. The lowest BCUT2D eigenvalue weighted by Gasteiger charge is -2.10. The highest BCUT2D eigenvalue weighted by atomic mass is 19.1. The Morgan fingerprint density at radius 1 is 1.35 bits per heavy atom. The fourth-order valence-corrected chi connectivity index (χ4v) is 2.62. The average Bonchev–Trinajstić information content (AvgIpc) is 2.99. The van der Waals surface area contributed by atoms with Crippen LogP contribution in [0.4, 0.5) is 15.8 Å². The molecule has 3 rings (SSSR count). The van der Waals surface area contributed by atoms with Gasteiger partial charge in [0, 0.05) is 23.9 Å². The molecule has 2 aromatic heterocycles. The molecule has 8 nitrogen and oxygen atoms in total. The first-order valence-corrected chi connectivity index (χ1v) is 7.88. The smallest absolute Gasteiger partial charge is 0.271 e.